The van der Waals surface area contributed by atoms with Gasteiger partial charge in [-0.1, -0.05) is 26.8 Å². The highest BCUT2D eigenvalue weighted by molar-refractivity contribution is 7.13. The van der Waals surface area contributed by atoms with Gasteiger partial charge in [0.25, 0.3) is 0 Å². The average Bonchev–Trinajstić information content (AvgIpc) is 3.56. The van der Waals surface area contributed by atoms with Crippen LogP contribution >= 0.6 is 11.3 Å². The summed E-state index contributed by atoms with van der Waals surface area (Å²) in [6.07, 6.45) is -0.147. The van der Waals surface area contributed by atoms with Gasteiger partial charge in [0.2, 0.25) is 0 Å². The molecule has 5 aromatic rings. The Hall–Kier alpha value is -4.11. The molecule has 0 radical (unpaired) electrons. The van der Waals surface area contributed by atoms with E-state index < -0.39 is 18.5 Å². The number of aromatic nitrogens is 2. The summed E-state index contributed by atoms with van der Waals surface area (Å²) in [5.41, 5.74) is 5.17. The summed E-state index contributed by atoms with van der Waals surface area (Å²) < 4.78 is 13.5. The van der Waals surface area contributed by atoms with E-state index in [1.807, 2.05) is 31.2 Å². The van der Waals surface area contributed by atoms with E-state index in [2.05, 4.69) is 36.8 Å². The van der Waals surface area contributed by atoms with Crippen LogP contribution < -0.4 is 4.74 Å². The van der Waals surface area contributed by atoms with Gasteiger partial charge < -0.3 is 23.9 Å². The Bertz CT molecular complexity index is 1680. The molecule has 2 aromatic carbocycles. The van der Waals surface area contributed by atoms with Crippen LogP contribution in [0, 0.1) is 6.92 Å². The highest BCUT2D eigenvalue weighted by Gasteiger charge is 2.20. The molecule has 0 bridgehead atoms. The number of carboxylic acids is 2. The number of aliphatic carboxylic acids is 2. The van der Waals surface area contributed by atoms with Gasteiger partial charge in [-0.2, -0.15) is 0 Å². The lowest BCUT2D eigenvalue weighted by molar-refractivity contribution is -0.139. The molecule has 0 unspecified atom stereocenters. The molecule has 8 nitrogen and oxygen atoms in total. The zero-order chi connectivity index (χ0) is 27.2. The molecule has 3 aromatic heterocycles. The summed E-state index contributed by atoms with van der Waals surface area (Å²) in [7, 11) is 0. The van der Waals surface area contributed by atoms with Gasteiger partial charge in [-0.05, 0) is 54.4 Å². The van der Waals surface area contributed by atoms with Gasteiger partial charge in [-0.25, -0.2) is 9.78 Å². The Labute approximate surface area is 223 Å². The standard InChI is InChI=1S/C29H28N2O6S/c1-16-20(12-26(32)33)21-11-19(36-14-27(34)35)6-7-22(21)31(16)13-17-5-8-23-18(9-17)10-24(37-23)28-30-25(15-38-28)29(2,3)4/h5-11,15H,12-14H2,1-4H3,(H,32,33)(H,34,35). The van der Waals surface area contributed by atoms with E-state index in [0.717, 1.165) is 49.6 Å². The first-order valence-electron chi connectivity index (χ1n) is 12.2. The number of nitrogens with zero attached hydrogens (tertiary/aromatic N) is 2. The lowest BCUT2D eigenvalue weighted by Crippen LogP contribution is -2.11. The minimum absolute atomic E-state index is 0.0338. The first kappa shape index (κ1) is 25.5. The maximum atomic E-state index is 11.6. The largest absolute Gasteiger partial charge is 0.482 e. The van der Waals surface area contributed by atoms with Gasteiger partial charge >= 0.3 is 11.9 Å². The number of furan rings is 1. The number of fused-ring (bicyclic) bond motifs is 2. The minimum Gasteiger partial charge on any atom is -0.482 e. The molecule has 0 saturated heterocycles. The van der Waals surface area contributed by atoms with Gasteiger partial charge in [0, 0.05) is 39.3 Å². The van der Waals surface area contributed by atoms with Crippen LogP contribution in [0.5, 0.6) is 5.75 Å². The third-order valence-corrected chi connectivity index (χ3v) is 7.38. The molecule has 9 heteroatoms. The molecule has 38 heavy (non-hydrogen) atoms. The van der Waals surface area contributed by atoms with Gasteiger partial charge in [-0.15, -0.1) is 11.3 Å². The molecule has 0 saturated carbocycles. The van der Waals surface area contributed by atoms with E-state index in [4.69, 9.17) is 19.2 Å². The molecule has 0 aliphatic rings. The Morgan fingerprint density at radius 1 is 1.08 bits per heavy atom. The summed E-state index contributed by atoms with van der Waals surface area (Å²) in [5, 5.41) is 23.1. The molecular formula is C29H28N2O6S. The van der Waals surface area contributed by atoms with E-state index in [9.17, 15) is 14.7 Å². The van der Waals surface area contributed by atoms with E-state index in [1.54, 1.807) is 23.5 Å². The predicted octanol–water partition coefficient (Wildman–Crippen LogP) is 6.26. The highest BCUT2D eigenvalue weighted by atomic mass is 32.1. The van der Waals surface area contributed by atoms with Crippen LogP contribution in [0.3, 0.4) is 0 Å². The van der Waals surface area contributed by atoms with Crippen molar-refractivity contribution in [1.82, 2.24) is 9.55 Å². The first-order chi connectivity index (χ1) is 18.0. The highest BCUT2D eigenvalue weighted by Crippen LogP contribution is 2.35. The SMILES string of the molecule is Cc1c(CC(=O)O)c2cc(OCC(=O)O)ccc2n1Cc1ccc2oc(-c3nc(C(C)(C)C)cs3)cc2c1. The van der Waals surface area contributed by atoms with Crippen LogP contribution in [0.2, 0.25) is 0 Å². The zero-order valence-electron chi connectivity index (χ0n) is 21.6. The minimum atomic E-state index is -1.08. The van der Waals surface area contributed by atoms with E-state index in [0.29, 0.717) is 17.9 Å². The fraction of sp³-hybridized carbons (Fsp3) is 0.276. The molecule has 2 N–H and O–H groups in total. The Balaban J connectivity index is 1.49. The maximum Gasteiger partial charge on any atom is 0.341 e. The predicted molar refractivity (Wildman–Crippen MR) is 146 cm³/mol. The fourth-order valence-corrected chi connectivity index (χ4v) is 5.55. The topological polar surface area (TPSA) is 115 Å². The molecular weight excluding hydrogens is 504 g/mol. The van der Waals surface area contributed by atoms with Crippen LogP contribution in [0.15, 0.2) is 52.3 Å². The molecule has 0 amide bonds. The monoisotopic (exact) mass is 532 g/mol. The summed E-state index contributed by atoms with van der Waals surface area (Å²) in [6, 6.07) is 13.3. The summed E-state index contributed by atoms with van der Waals surface area (Å²) in [4.78, 5) is 27.3. The van der Waals surface area contributed by atoms with Crippen molar-refractivity contribution in [1.29, 1.82) is 0 Å². The smallest absolute Gasteiger partial charge is 0.341 e. The van der Waals surface area contributed by atoms with Gasteiger partial charge in [0.1, 0.15) is 11.3 Å². The normalized spacial score (nSPS) is 11.9. The van der Waals surface area contributed by atoms with Gasteiger partial charge in [-0.3, -0.25) is 4.79 Å². The number of hydrogen-bond donors (Lipinski definition) is 2. The van der Waals surface area contributed by atoms with Crippen molar-refractivity contribution in [2.75, 3.05) is 6.61 Å². The first-order valence-corrected chi connectivity index (χ1v) is 13.0. The average molecular weight is 533 g/mol. The van der Waals surface area contributed by atoms with Crippen LogP contribution in [0.1, 0.15) is 43.3 Å². The molecule has 0 atom stereocenters. The lowest BCUT2D eigenvalue weighted by atomic mass is 9.93. The van der Waals surface area contributed by atoms with Crippen LogP contribution in [-0.4, -0.2) is 38.3 Å². The molecule has 196 valence electrons. The van der Waals surface area contributed by atoms with Crippen molar-refractivity contribution in [2.45, 2.75) is 46.1 Å². The number of carboxylic acid groups (broad SMARTS) is 2. The van der Waals surface area contributed by atoms with Crippen LogP contribution in [0.25, 0.3) is 32.6 Å². The van der Waals surface area contributed by atoms with Crippen molar-refractivity contribution in [3.63, 3.8) is 0 Å². The second kappa shape index (κ2) is 9.64. The number of thiazole rings is 1. The second-order valence-corrected chi connectivity index (χ2v) is 11.2. The van der Waals surface area contributed by atoms with Crippen molar-refractivity contribution in [3.8, 4) is 16.5 Å². The molecule has 3 heterocycles. The molecule has 0 aliphatic heterocycles. The van der Waals surface area contributed by atoms with Gasteiger partial charge in [0.05, 0.1) is 12.1 Å². The van der Waals surface area contributed by atoms with E-state index >= 15 is 0 Å². The number of rotatable bonds is 8. The third kappa shape index (κ3) is 5.02. The molecule has 5 rings (SSSR count). The molecule has 0 spiro atoms. The number of hydrogen-bond acceptors (Lipinski definition) is 6. The quantitative estimate of drug-likeness (QED) is 0.242. The van der Waals surface area contributed by atoms with Crippen molar-refractivity contribution in [3.05, 3.63) is 70.4 Å². The van der Waals surface area contributed by atoms with Crippen molar-refractivity contribution in [2.24, 2.45) is 0 Å². The summed E-state index contributed by atoms with van der Waals surface area (Å²) in [5.74, 6) is -0.897. The zero-order valence-corrected chi connectivity index (χ0v) is 22.4. The number of benzene rings is 2. The summed E-state index contributed by atoms with van der Waals surface area (Å²) in [6.45, 7) is 8.37. The van der Waals surface area contributed by atoms with Crippen LogP contribution in [-0.2, 0) is 28.0 Å². The van der Waals surface area contributed by atoms with Crippen molar-refractivity contribution < 1.29 is 29.0 Å². The Morgan fingerprint density at radius 2 is 1.87 bits per heavy atom. The van der Waals surface area contributed by atoms with E-state index in [-0.39, 0.29) is 11.8 Å². The van der Waals surface area contributed by atoms with Crippen molar-refractivity contribution >= 4 is 45.1 Å². The fourth-order valence-electron chi connectivity index (χ4n) is 4.55. The van der Waals surface area contributed by atoms with Gasteiger partial charge in [0.15, 0.2) is 17.4 Å². The number of ether oxygens (including phenoxy) is 1. The summed E-state index contributed by atoms with van der Waals surface area (Å²) >= 11 is 1.57. The number of carbonyl (C=O) groups is 2. The van der Waals surface area contributed by atoms with E-state index in [1.165, 1.54) is 0 Å². The Kier molecular flexibility index (Phi) is 6.48. The lowest BCUT2D eigenvalue weighted by Gasteiger charge is -2.13. The molecule has 0 fully saturated rings. The molecule has 0 aliphatic carbocycles. The second-order valence-electron chi connectivity index (χ2n) is 10.4. The van der Waals surface area contributed by atoms with Crippen LogP contribution in [0.4, 0.5) is 0 Å². The Morgan fingerprint density at radius 3 is 2.55 bits per heavy atom. The maximum absolute atomic E-state index is 11.6. The third-order valence-electron chi connectivity index (χ3n) is 6.52.